The first-order valence-electron chi connectivity index (χ1n) is 10.2. The fourth-order valence-corrected chi connectivity index (χ4v) is 5.66. The molecule has 2 aliphatic rings. The van der Waals surface area contributed by atoms with Crippen LogP contribution in [-0.4, -0.2) is 57.1 Å². The van der Waals surface area contributed by atoms with Gasteiger partial charge in [0.2, 0.25) is 27.5 Å². The van der Waals surface area contributed by atoms with Gasteiger partial charge in [-0.2, -0.15) is 14.6 Å². The molecular formula is C21H26N4O4S. The van der Waals surface area contributed by atoms with E-state index in [0.29, 0.717) is 55.5 Å². The molecule has 2 fully saturated rings. The van der Waals surface area contributed by atoms with Crippen LogP contribution in [-0.2, 0) is 14.8 Å². The monoisotopic (exact) mass is 430 g/mol. The number of nitriles is 1. The largest absolute Gasteiger partial charge is 0.419 e. The summed E-state index contributed by atoms with van der Waals surface area (Å²) in [4.78, 5) is 6.67. The molecular weight excluding hydrogens is 404 g/mol. The molecule has 0 spiro atoms. The van der Waals surface area contributed by atoms with Crippen LogP contribution in [0, 0.1) is 23.2 Å². The molecule has 2 saturated heterocycles. The number of ether oxygens (including phenoxy) is 1. The highest BCUT2D eigenvalue weighted by Gasteiger charge is 2.29. The van der Waals surface area contributed by atoms with E-state index in [1.165, 1.54) is 4.31 Å². The lowest BCUT2D eigenvalue weighted by molar-refractivity contribution is 0.0730. The molecule has 3 heterocycles. The molecule has 1 aromatic heterocycles. The maximum Gasteiger partial charge on any atom is 0.243 e. The van der Waals surface area contributed by atoms with Crippen LogP contribution in [0.25, 0.3) is 11.5 Å². The van der Waals surface area contributed by atoms with Gasteiger partial charge in [0.1, 0.15) is 6.07 Å². The first-order valence-corrected chi connectivity index (χ1v) is 11.7. The highest BCUT2D eigenvalue weighted by Crippen LogP contribution is 2.33. The molecule has 2 atom stereocenters. The Morgan fingerprint density at radius 1 is 1.10 bits per heavy atom. The van der Waals surface area contributed by atoms with E-state index in [0.717, 1.165) is 19.5 Å². The molecule has 4 rings (SSSR count). The summed E-state index contributed by atoms with van der Waals surface area (Å²) in [5, 5.41) is 9.54. The lowest BCUT2D eigenvalue weighted by Crippen LogP contribution is -2.40. The summed E-state index contributed by atoms with van der Waals surface area (Å²) in [6.45, 7) is 7.55. The molecule has 1 aromatic carbocycles. The second-order valence-corrected chi connectivity index (χ2v) is 10.1. The number of piperidine rings is 1. The molecule has 2 aromatic rings. The van der Waals surface area contributed by atoms with Crippen LogP contribution in [0.4, 0.5) is 5.88 Å². The summed E-state index contributed by atoms with van der Waals surface area (Å²) in [6.07, 6.45) is 1.15. The maximum atomic E-state index is 12.8. The molecule has 9 heteroatoms. The van der Waals surface area contributed by atoms with Crippen molar-refractivity contribution < 1.29 is 17.6 Å². The van der Waals surface area contributed by atoms with Crippen molar-refractivity contribution in [2.45, 2.75) is 25.2 Å². The van der Waals surface area contributed by atoms with E-state index in [1.807, 2.05) is 0 Å². The van der Waals surface area contributed by atoms with Gasteiger partial charge < -0.3 is 14.1 Å². The second-order valence-electron chi connectivity index (χ2n) is 8.18. The molecule has 2 aliphatic heterocycles. The Hall–Kier alpha value is -2.41. The highest BCUT2D eigenvalue weighted by molar-refractivity contribution is 7.89. The van der Waals surface area contributed by atoms with E-state index in [1.54, 1.807) is 24.3 Å². The van der Waals surface area contributed by atoms with Crippen molar-refractivity contribution in [2.75, 3.05) is 44.3 Å². The predicted octanol–water partition coefficient (Wildman–Crippen LogP) is 2.72. The summed E-state index contributed by atoms with van der Waals surface area (Å²) in [5.74, 6) is 1.84. The van der Waals surface area contributed by atoms with Crippen molar-refractivity contribution in [3.05, 3.63) is 30.0 Å². The molecule has 0 bridgehead atoms. The fraction of sp³-hybridized carbons (Fsp3) is 0.524. The number of nitrogens with zero attached hydrogens (tertiary/aromatic N) is 4. The van der Waals surface area contributed by atoms with Crippen LogP contribution in [0.1, 0.15) is 26.0 Å². The van der Waals surface area contributed by atoms with Gasteiger partial charge in [-0.1, -0.05) is 13.8 Å². The maximum absolute atomic E-state index is 12.8. The van der Waals surface area contributed by atoms with Crippen LogP contribution in [0.2, 0.25) is 0 Å². The smallest absolute Gasteiger partial charge is 0.243 e. The SMILES string of the molecule is CC1CC(C)CN(c2oc(-c3ccc(S(=O)(=O)N4CCOCC4)cc3)nc2C#N)C1. The third kappa shape index (κ3) is 4.08. The van der Waals surface area contributed by atoms with E-state index in [4.69, 9.17) is 9.15 Å². The molecule has 30 heavy (non-hydrogen) atoms. The van der Waals surface area contributed by atoms with E-state index in [-0.39, 0.29) is 10.6 Å². The Balaban J connectivity index is 1.59. The first kappa shape index (κ1) is 20.8. The Labute approximate surface area is 177 Å². The minimum Gasteiger partial charge on any atom is -0.419 e. The van der Waals surface area contributed by atoms with Gasteiger partial charge in [-0.15, -0.1) is 0 Å². The average molecular weight is 431 g/mol. The van der Waals surface area contributed by atoms with E-state index < -0.39 is 10.0 Å². The lowest BCUT2D eigenvalue weighted by Gasteiger charge is -2.34. The van der Waals surface area contributed by atoms with Crippen molar-refractivity contribution in [1.82, 2.24) is 9.29 Å². The third-order valence-electron chi connectivity index (χ3n) is 5.58. The first-order chi connectivity index (χ1) is 14.4. The predicted molar refractivity (Wildman–Crippen MR) is 111 cm³/mol. The van der Waals surface area contributed by atoms with Crippen LogP contribution < -0.4 is 4.90 Å². The average Bonchev–Trinajstić information content (AvgIpc) is 3.18. The minimum absolute atomic E-state index is 0.221. The zero-order chi connectivity index (χ0) is 21.3. The Morgan fingerprint density at radius 3 is 2.33 bits per heavy atom. The van der Waals surface area contributed by atoms with Crippen LogP contribution in [0.5, 0.6) is 0 Å². The quantitative estimate of drug-likeness (QED) is 0.735. The number of rotatable bonds is 4. The van der Waals surface area contributed by atoms with Crippen molar-refractivity contribution in [2.24, 2.45) is 11.8 Å². The summed E-state index contributed by atoms with van der Waals surface area (Å²) >= 11 is 0. The molecule has 0 amide bonds. The van der Waals surface area contributed by atoms with Gasteiger partial charge in [-0.05, 0) is 42.5 Å². The topological polar surface area (TPSA) is 99.7 Å². The van der Waals surface area contributed by atoms with E-state index in [2.05, 4.69) is 29.8 Å². The van der Waals surface area contributed by atoms with Gasteiger partial charge in [-0.3, -0.25) is 0 Å². The van der Waals surface area contributed by atoms with Gasteiger partial charge in [0.15, 0.2) is 0 Å². The van der Waals surface area contributed by atoms with Crippen molar-refractivity contribution in [1.29, 1.82) is 5.26 Å². The molecule has 0 saturated carbocycles. The number of hydrogen-bond acceptors (Lipinski definition) is 7. The minimum atomic E-state index is -3.56. The molecule has 8 nitrogen and oxygen atoms in total. The number of hydrogen-bond donors (Lipinski definition) is 0. The zero-order valence-electron chi connectivity index (χ0n) is 17.2. The number of oxazole rings is 1. The second kappa shape index (κ2) is 8.38. The number of morpholine rings is 1. The van der Waals surface area contributed by atoms with Gasteiger partial charge in [0.25, 0.3) is 0 Å². The zero-order valence-corrected chi connectivity index (χ0v) is 18.1. The van der Waals surface area contributed by atoms with Gasteiger partial charge in [0.05, 0.1) is 18.1 Å². The lowest BCUT2D eigenvalue weighted by atomic mass is 9.92. The number of sulfonamides is 1. The molecule has 0 N–H and O–H groups in total. The fourth-order valence-electron chi connectivity index (χ4n) is 4.26. The van der Waals surface area contributed by atoms with Crippen LogP contribution >= 0.6 is 0 Å². The summed E-state index contributed by atoms with van der Waals surface area (Å²) < 4.78 is 38.2. The molecule has 0 radical (unpaired) electrons. The standard InChI is InChI=1S/C21H26N4O4S/c1-15-11-16(2)14-24(13-15)21-19(12-22)23-20(29-21)17-3-5-18(6-4-17)30(26,27)25-7-9-28-10-8-25/h3-6,15-16H,7-11,13-14H2,1-2H3. The van der Waals surface area contributed by atoms with E-state index >= 15 is 0 Å². The number of benzene rings is 1. The summed E-state index contributed by atoms with van der Waals surface area (Å²) in [5.41, 5.74) is 0.896. The van der Waals surface area contributed by atoms with Crippen molar-refractivity contribution >= 4 is 15.9 Å². The van der Waals surface area contributed by atoms with Crippen LogP contribution in [0.15, 0.2) is 33.6 Å². The van der Waals surface area contributed by atoms with Gasteiger partial charge in [0, 0.05) is 31.7 Å². The van der Waals surface area contributed by atoms with Gasteiger partial charge in [-0.25, -0.2) is 8.42 Å². The Morgan fingerprint density at radius 2 is 1.73 bits per heavy atom. The number of aromatic nitrogens is 1. The Bertz CT molecular complexity index is 1030. The van der Waals surface area contributed by atoms with Gasteiger partial charge >= 0.3 is 0 Å². The molecule has 2 unspecified atom stereocenters. The molecule has 160 valence electrons. The van der Waals surface area contributed by atoms with Crippen molar-refractivity contribution in [3.63, 3.8) is 0 Å². The highest BCUT2D eigenvalue weighted by atomic mass is 32.2. The summed E-state index contributed by atoms with van der Waals surface area (Å²) in [7, 11) is -3.56. The van der Waals surface area contributed by atoms with Crippen molar-refractivity contribution in [3.8, 4) is 17.5 Å². The Kier molecular flexibility index (Phi) is 5.82. The third-order valence-corrected chi connectivity index (χ3v) is 7.49. The normalized spacial score (nSPS) is 23.3. The van der Waals surface area contributed by atoms with E-state index in [9.17, 15) is 13.7 Å². The van der Waals surface area contributed by atoms with Crippen LogP contribution in [0.3, 0.4) is 0 Å². The molecule has 0 aliphatic carbocycles. The number of anilines is 1. The summed E-state index contributed by atoms with van der Waals surface area (Å²) in [6, 6.07) is 8.59.